The van der Waals surface area contributed by atoms with E-state index in [0.29, 0.717) is 22.0 Å². The van der Waals surface area contributed by atoms with Crippen LogP contribution in [0.15, 0.2) is 42.5 Å². The molecule has 5 nitrogen and oxygen atoms in total. The Hall–Kier alpha value is -2.60. The van der Waals surface area contributed by atoms with Crippen molar-refractivity contribution in [1.82, 2.24) is 15.2 Å². The van der Waals surface area contributed by atoms with Crippen LogP contribution in [0.5, 0.6) is 5.75 Å². The van der Waals surface area contributed by atoms with Crippen LogP contribution in [0.1, 0.15) is 5.56 Å². The quantitative estimate of drug-likeness (QED) is 0.687. The summed E-state index contributed by atoms with van der Waals surface area (Å²) in [4.78, 5) is 4.21. The Morgan fingerprint density at radius 2 is 2.00 bits per heavy atom. The lowest BCUT2D eigenvalue weighted by Gasteiger charge is -2.05. The molecular weight excluding hydrogens is 307 g/mol. The number of H-pyrrole nitrogens is 1. The van der Waals surface area contributed by atoms with E-state index in [1.165, 1.54) is 6.07 Å². The molecule has 2 aromatic carbocycles. The maximum atomic E-state index is 13.7. The third kappa shape index (κ3) is 2.87. The molecule has 1 aromatic heterocycles. The second-order valence-electron chi connectivity index (χ2n) is 4.58. The van der Waals surface area contributed by atoms with Crippen LogP contribution in [0.4, 0.5) is 10.3 Å². The summed E-state index contributed by atoms with van der Waals surface area (Å²) in [6, 6.07) is 11.3. The third-order valence-electron chi connectivity index (χ3n) is 3.13. The van der Waals surface area contributed by atoms with Crippen LogP contribution in [0.2, 0.25) is 5.02 Å². The summed E-state index contributed by atoms with van der Waals surface area (Å²) in [7, 11) is 0. The van der Waals surface area contributed by atoms with Gasteiger partial charge in [0.2, 0.25) is 5.95 Å². The number of nitrogens with zero attached hydrogens (tertiary/aromatic N) is 2. The first-order valence-electron chi connectivity index (χ1n) is 6.52. The molecule has 22 heavy (non-hydrogen) atoms. The molecule has 0 aliphatic rings. The van der Waals surface area contributed by atoms with Crippen molar-refractivity contribution in [2.45, 2.75) is 6.54 Å². The van der Waals surface area contributed by atoms with Gasteiger partial charge in [-0.2, -0.15) is 4.98 Å². The molecule has 1 heterocycles. The molecule has 0 saturated heterocycles. The number of para-hydroxylation sites is 1. The lowest BCUT2D eigenvalue weighted by atomic mass is 10.2. The fraction of sp³-hybridized carbons (Fsp3) is 0.0667. The summed E-state index contributed by atoms with van der Waals surface area (Å²) < 4.78 is 13.7. The van der Waals surface area contributed by atoms with Crippen molar-refractivity contribution in [3.8, 4) is 17.1 Å². The number of aromatic amines is 1. The smallest absolute Gasteiger partial charge is 0.242 e. The van der Waals surface area contributed by atoms with E-state index in [2.05, 4.69) is 20.5 Å². The number of aromatic nitrogens is 3. The van der Waals surface area contributed by atoms with Crippen LogP contribution in [0.3, 0.4) is 0 Å². The maximum Gasteiger partial charge on any atom is 0.242 e. The van der Waals surface area contributed by atoms with E-state index in [-0.39, 0.29) is 18.2 Å². The van der Waals surface area contributed by atoms with Crippen LogP contribution in [0.25, 0.3) is 11.4 Å². The van der Waals surface area contributed by atoms with Crippen molar-refractivity contribution in [2.75, 3.05) is 5.32 Å². The average molecular weight is 319 g/mol. The molecule has 0 aliphatic heterocycles. The van der Waals surface area contributed by atoms with Crippen molar-refractivity contribution in [2.24, 2.45) is 0 Å². The highest BCUT2D eigenvalue weighted by molar-refractivity contribution is 6.31. The van der Waals surface area contributed by atoms with Gasteiger partial charge in [0.25, 0.3) is 0 Å². The van der Waals surface area contributed by atoms with Gasteiger partial charge < -0.3 is 10.4 Å². The van der Waals surface area contributed by atoms with Gasteiger partial charge in [-0.15, -0.1) is 5.10 Å². The van der Waals surface area contributed by atoms with E-state index in [1.807, 2.05) is 0 Å². The normalized spacial score (nSPS) is 10.6. The maximum absolute atomic E-state index is 13.7. The fourth-order valence-electron chi connectivity index (χ4n) is 2.00. The van der Waals surface area contributed by atoms with Gasteiger partial charge >= 0.3 is 0 Å². The number of benzene rings is 2. The van der Waals surface area contributed by atoms with Crippen molar-refractivity contribution < 1.29 is 9.50 Å². The van der Waals surface area contributed by atoms with Gasteiger partial charge in [0.05, 0.1) is 5.56 Å². The number of halogens is 2. The predicted octanol–water partition coefficient (Wildman–Crippen LogP) is 3.58. The summed E-state index contributed by atoms with van der Waals surface area (Å²) >= 11 is 5.96. The summed E-state index contributed by atoms with van der Waals surface area (Å²) in [5.41, 5.74) is 0.880. The molecule has 3 rings (SSSR count). The second kappa shape index (κ2) is 6.03. The predicted molar refractivity (Wildman–Crippen MR) is 82.2 cm³/mol. The van der Waals surface area contributed by atoms with E-state index in [1.54, 1.807) is 36.4 Å². The number of phenolic OH excluding ortho intramolecular Hbond substituents is 1. The Morgan fingerprint density at radius 3 is 2.77 bits per heavy atom. The zero-order chi connectivity index (χ0) is 15.5. The number of anilines is 1. The number of nitrogens with one attached hydrogen (secondary N) is 2. The highest BCUT2D eigenvalue weighted by atomic mass is 35.5. The lowest BCUT2D eigenvalue weighted by Crippen LogP contribution is -2.03. The standard InChI is InChI=1S/C15H12ClFN4O/c16-11-5-3-6-12(17)10(11)8-18-15-19-14(20-21-15)9-4-1-2-7-13(9)22/h1-7,22H,8H2,(H2,18,19,20,21). The van der Waals surface area contributed by atoms with E-state index in [9.17, 15) is 9.50 Å². The minimum absolute atomic E-state index is 0.0994. The molecule has 0 saturated carbocycles. The van der Waals surface area contributed by atoms with Crippen LogP contribution < -0.4 is 5.32 Å². The summed E-state index contributed by atoms with van der Waals surface area (Å²) in [5.74, 6) is 0.414. The highest BCUT2D eigenvalue weighted by Gasteiger charge is 2.11. The first kappa shape index (κ1) is 14.3. The monoisotopic (exact) mass is 318 g/mol. The molecule has 0 fully saturated rings. The second-order valence-corrected chi connectivity index (χ2v) is 4.99. The molecule has 0 unspecified atom stereocenters. The highest BCUT2D eigenvalue weighted by Crippen LogP contribution is 2.26. The number of aromatic hydroxyl groups is 1. The summed E-state index contributed by atoms with van der Waals surface area (Å²) in [5, 5.41) is 19.7. The molecular formula is C15H12ClFN4O. The number of hydrogen-bond donors (Lipinski definition) is 3. The zero-order valence-electron chi connectivity index (χ0n) is 11.3. The average Bonchev–Trinajstić information content (AvgIpc) is 2.96. The molecule has 0 radical (unpaired) electrons. The van der Waals surface area contributed by atoms with Crippen molar-refractivity contribution >= 4 is 17.5 Å². The van der Waals surface area contributed by atoms with E-state index in [0.717, 1.165) is 0 Å². The van der Waals surface area contributed by atoms with Crippen LogP contribution in [-0.2, 0) is 6.54 Å². The topological polar surface area (TPSA) is 73.8 Å². The Morgan fingerprint density at radius 1 is 1.18 bits per heavy atom. The Balaban J connectivity index is 1.77. The largest absolute Gasteiger partial charge is 0.507 e. The van der Waals surface area contributed by atoms with E-state index < -0.39 is 5.82 Å². The van der Waals surface area contributed by atoms with Gasteiger partial charge in [-0.1, -0.05) is 29.8 Å². The van der Waals surface area contributed by atoms with Crippen LogP contribution in [0, 0.1) is 5.82 Å². The van der Waals surface area contributed by atoms with Gasteiger partial charge in [0.15, 0.2) is 5.82 Å². The minimum Gasteiger partial charge on any atom is -0.507 e. The minimum atomic E-state index is -0.392. The van der Waals surface area contributed by atoms with Gasteiger partial charge in [-0.25, -0.2) is 4.39 Å². The molecule has 7 heteroatoms. The third-order valence-corrected chi connectivity index (χ3v) is 3.48. The molecule has 0 bridgehead atoms. The fourth-order valence-corrected chi connectivity index (χ4v) is 2.23. The molecule has 0 spiro atoms. The first-order valence-corrected chi connectivity index (χ1v) is 6.90. The van der Waals surface area contributed by atoms with Crippen molar-refractivity contribution in [1.29, 1.82) is 0 Å². The van der Waals surface area contributed by atoms with E-state index in [4.69, 9.17) is 11.6 Å². The van der Waals surface area contributed by atoms with E-state index >= 15 is 0 Å². The lowest BCUT2D eigenvalue weighted by molar-refractivity contribution is 0.477. The molecule has 3 N–H and O–H groups in total. The van der Waals surface area contributed by atoms with Crippen molar-refractivity contribution in [3.05, 3.63) is 58.9 Å². The van der Waals surface area contributed by atoms with Gasteiger partial charge in [0, 0.05) is 17.1 Å². The van der Waals surface area contributed by atoms with Crippen LogP contribution >= 0.6 is 11.6 Å². The van der Waals surface area contributed by atoms with Gasteiger partial charge in [-0.3, -0.25) is 5.10 Å². The Kier molecular flexibility index (Phi) is 3.93. The molecule has 0 amide bonds. The molecule has 0 aliphatic carbocycles. The number of phenols is 1. The molecule has 0 atom stereocenters. The summed E-state index contributed by atoms with van der Waals surface area (Å²) in [6.45, 7) is 0.156. The zero-order valence-corrected chi connectivity index (χ0v) is 12.1. The van der Waals surface area contributed by atoms with Gasteiger partial charge in [-0.05, 0) is 24.3 Å². The SMILES string of the molecule is Oc1ccccc1-c1nc(NCc2c(F)cccc2Cl)n[nH]1. The number of hydrogen-bond acceptors (Lipinski definition) is 4. The molecule has 3 aromatic rings. The first-order chi connectivity index (χ1) is 10.6. The molecule has 112 valence electrons. The van der Waals surface area contributed by atoms with Crippen molar-refractivity contribution in [3.63, 3.8) is 0 Å². The Bertz CT molecular complexity index is 785. The Labute approximate surface area is 130 Å². The van der Waals surface area contributed by atoms with Crippen LogP contribution in [-0.4, -0.2) is 20.3 Å². The number of rotatable bonds is 4. The summed E-state index contributed by atoms with van der Waals surface area (Å²) in [6.07, 6.45) is 0. The van der Waals surface area contributed by atoms with Gasteiger partial charge in [0.1, 0.15) is 11.6 Å².